The molecule has 2 nitrogen and oxygen atoms in total. The monoisotopic (exact) mass is 448 g/mol. The van der Waals surface area contributed by atoms with Gasteiger partial charge in [-0.25, -0.2) is 0 Å². The van der Waals surface area contributed by atoms with Crippen LogP contribution in [-0.4, -0.2) is 11.1 Å². The highest BCUT2D eigenvalue weighted by Crippen LogP contribution is 2.23. The Balaban J connectivity index is 3.56. The lowest BCUT2D eigenvalue weighted by atomic mass is 9.90. The van der Waals surface area contributed by atoms with E-state index in [1.54, 1.807) is 0 Å². The van der Waals surface area contributed by atoms with Gasteiger partial charge in [0.25, 0.3) is 0 Å². The fraction of sp³-hybridized carbons (Fsp3) is 0.833. The minimum Gasteiger partial charge on any atom is -0.481 e. The molecule has 0 heterocycles. The van der Waals surface area contributed by atoms with Gasteiger partial charge in [-0.05, 0) is 62.2 Å². The van der Waals surface area contributed by atoms with Gasteiger partial charge in [-0.1, -0.05) is 117 Å². The summed E-state index contributed by atoms with van der Waals surface area (Å²) in [4.78, 5) is 10.4. The fourth-order valence-corrected chi connectivity index (χ4v) is 4.35. The van der Waals surface area contributed by atoms with Crippen molar-refractivity contribution in [2.75, 3.05) is 0 Å². The number of unbranched alkanes of at least 4 members (excludes halogenated alkanes) is 2. The molecule has 32 heavy (non-hydrogen) atoms. The molecule has 3 unspecified atom stereocenters. The summed E-state index contributed by atoms with van der Waals surface area (Å²) in [6, 6.07) is 0. The van der Waals surface area contributed by atoms with Gasteiger partial charge in [0.2, 0.25) is 0 Å². The molecule has 0 aliphatic rings. The minimum absolute atomic E-state index is 0.277. The number of allylic oxidation sites excluding steroid dienone is 4. The van der Waals surface area contributed by atoms with E-state index in [-0.39, 0.29) is 6.42 Å². The molecule has 1 N–H and O–H groups in total. The van der Waals surface area contributed by atoms with E-state index < -0.39 is 5.97 Å². The molecule has 0 aliphatic heterocycles. The lowest BCUT2D eigenvalue weighted by Crippen LogP contribution is -2.01. The molecule has 0 aromatic carbocycles. The van der Waals surface area contributed by atoms with Gasteiger partial charge < -0.3 is 5.11 Å². The summed E-state index contributed by atoms with van der Waals surface area (Å²) in [7, 11) is 0. The Morgan fingerprint density at radius 2 is 0.969 bits per heavy atom. The van der Waals surface area contributed by atoms with Crippen LogP contribution in [0.25, 0.3) is 0 Å². The van der Waals surface area contributed by atoms with Crippen LogP contribution in [0.3, 0.4) is 0 Å². The maximum Gasteiger partial charge on any atom is 0.303 e. The SMILES string of the molecule is CC(C)CCCC(C)CCCC(C)CCCC(C)CC/C=C\CC/C=C\CCCC(=O)O. The number of carboxylic acids is 1. The van der Waals surface area contributed by atoms with Crippen LogP contribution in [-0.2, 0) is 4.79 Å². The second-order valence-electron chi connectivity index (χ2n) is 10.9. The van der Waals surface area contributed by atoms with Crippen molar-refractivity contribution in [3.8, 4) is 0 Å². The first kappa shape index (κ1) is 30.9. The lowest BCUT2D eigenvalue weighted by Gasteiger charge is -2.16. The van der Waals surface area contributed by atoms with E-state index >= 15 is 0 Å². The first-order valence-corrected chi connectivity index (χ1v) is 13.8. The number of hydrogen-bond acceptors (Lipinski definition) is 1. The zero-order valence-electron chi connectivity index (χ0n) is 22.3. The summed E-state index contributed by atoms with van der Waals surface area (Å²) in [6.07, 6.45) is 28.2. The molecule has 0 saturated carbocycles. The molecule has 0 fully saturated rings. The lowest BCUT2D eigenvalue weighted by molar-refractivity contribution is -0.137. The Morgan fingerprint density at radius 1 is 0.562 bits per heavy atom. The zero-order valence-corrected chi connectivity index (χ0v) is 22.3. The number of hydrogen-bond donors (Lipinski definition) is 1. The number of carboxylic acid groups (broad SMARTS) is 1. The van der Waals surface area contributed by atoms with Crippen molar-refractivity contribution in [2.45, 2.75) is 137 Å². The van der Waals surface area contributed by atoms with Crippen molar-refractivity contribution in [3.63, 3.8) is 0 Å². The molecular formula is C30H56O2. The van der Waals surface area contributed by atoms with Crippen LogP contribution < -0.4 is 0 Å². The van der Waals surface area contributed by atoms with Crippen LogP contribution in [0, 0.1) is 23.7 Å². The number of carbonyl (C=O) groups is 1. The molecule has 3 atom stereocenters. The summed E-state index contributed by atoms with van der Waals surface area (Å²) in [5, 5.41) is 8.60. The summed E-state index contributed by atoms with van der Waals surface area (Å²) < 4.78 is 0. The van der Waals surface area contributed by atoms with E-state index in [0.717, 1.165) is 49.4 Å². The average Bonchev–Trinajstić information content (AvgIpc) is 2.71. The normalized spacial score (nSPS) is 15.1. The highest BCUT2D eigenvalue weighted by atomic mass is 16.4. The van der Waals surface area contributed by atoms with Crippen LogP contribution in [0.4, 0.5) is 0 Å². The summed E-state index contributed by atoms with van der Waals surface area (Å²) in [5.74, 6) is 2.80. The molecule has 0 aromatic heterocycles. The van der Waals surface area contributed by atoms with Gasteiger partial charge in [0, 0.05) is 6.42 Å². The van der Waals surface area contributed by atoms with Crippen molar-refractivity contribution in [1.82, 2.24) is 0 Å². The molecule has 0 aromatic rings. The van der Waals surface area contributed by atoms with Crippen molar-refractivity contribution in [2.24, 2.45) is 23.7 Å². The van der Waals surface area contributed by atoms with Crippen molar-refractivity contribution in [1.29, 1.82) is 0 Å². The summed E-state index contributed by atoms with van der Waals surface area (Å²) in [5.41, 5.74) is 0. The Kier molecular flexibility index (Phi) is 21.1. The van der Waals surface area contributed by atoms with Gasteiger partial charge in [0.05, 0.1) is 0 Å². The predicted molar refractivity (Wildman–Crippen MR) is 142 cm³/mol. The van der Waals surface area contributed by atoms with Crippen LogP contribution in [0.2, 0.25) is 0 Å². The number of aliphatic carboxylic acids is 1. The van der Waals surface area contributed by atoms with E-state index in [1.165, 1.54) is 70.6 Å². The van der Waals surface area contributed by atoms with E-state index in [9.17, 15) is 4.79 Å². The fourth-order valence-electron chi connectivity index (χ4n) is 4.35. The van der Waals surface area contributed by atoms with Crippen molar-refractivity contribution in [3.05, 3.63) is 24.3 Å². The van der Waals surface area contributed by atoms with Gasteiger partial charge in [0.1, 0.15) is 0 Å². The highest BCUT2D eigenvalue weighted by Gasteiger charge is 2.08. The van der Waals surface area contributed by atoms with E-state index in [0.29, 0.717) is 0 Å². The second-order valence-corrected chi connectivity index (χ2v) is 10.9. The molecule has 2 heteroatoms. The van der Waals surface area contributed by atoms with E-state index in [1.807, 2.05) is 0 Å². The maximum atomic E-state index is 10.4. The maximum absolute atomic E-state index is 10.4. The molecule has 0 amide bonds. The third-order valence-electron chi connectivity index (χ3n) is 6.69. The first-order chi connectivity index (χ1) is 15.3. The van der Waals surface area contributed by atoms with Gasteiger partial charge in [-0.3, -0.25) is 4.79 Å². The Bertz CT molecular complexity index is 477. The van der Waals surface area contributed by atoms with Crippen molar-refractivity contribution >= 4 is 5.97 Å². The van der Waals surface area contributed by atoms with Crippen LogP contribution in [0.15, 0.2) is 24.3 Å². The molecule has 188 valence electrons. The Labute approximate surface area is 201 Å². The topological polar surface area (TPSA) is 37.3 Å². The summed E-state index contributed by atoms with van der Waals surface area (Å²) >= 11 is 0. The second kappa shape index (κ2) is 21.8. The van der Waals surface area contributed by atoms with Crippen LogP contribution in [0.5, 0.6) is 0 Å². The van der Waals surface area contributed by atoms with E-state index in [2.05, 4.69) is 58.9 Å². The summed E-state index contributed by atoms with van der Waals surface area (Å²) in [6.45, 7) is 12.0. The van der Waals surface area contributed by atoms with Gasteiger partial charge in [-0.15, -0.1) is 0 Å². The molecule has 0 aliphatic carbocycles. The molecule has 0 radical (unpaired) electrons. The van der Waals surface area contributed by atoms with Gasteiger partial charge in [0.15, 0.2) is 0 Å². The largest absolute Gasteiger partial charge is 0.481 e. The standard InChI is InChI=1S/C30H56O2/c1-26(2)18-15-20-28(4)22-17-24-29(5)23-16-21-27(3)19-13-11-9-7-6-8-10-12-14-25-30(31)32/h8-11,26-29H,6-7,12-25H2,1-5H3,(H,31,32)/b10-8-,11-9-. The third kappa shape index (κ3) is 23.6. The molecule has 0 saturated heterocycles. The van der Waals surface area contributed by atoms with Crippen LogP contribution >= 0.6 is 0 Å². The Morgan fingerprint density at radius 3 is 1.44 bits per heavy atom. The molecule has 0 spiro atoms. The van der Waals surface area contributed by atoms with E-state index in [4.69, 9.17) is 5.11 Å². The van der Waals surface area contributed by atoms with Gasteiger partial charge >= 0.3 is 5.97 Å². The third-order valence-corrected chi connectivity index (χ3v) is 6.69. The van der Waals surface area contributed by atoms with Crippen molar-refractivity contribution < 1.29 is 9.90 Å². The molecule has 0 rings (SSSR count). The highest BCUT2D eigenvalue weighted by molar-refractivity contribution is 5.66. The quantitative estimate of drug-likeness (QED) is 0.132. The molecular weight excluding hydrogens is 392 g/mol. The number of rotatable bonds is 22. The molecule has 0 bridgehead atoms. The predicted octanol–water partition coefficient (Wildman–Crippen LogP) is 9.99. The smallest absolute Gasteiger partial charge is 0.303 e. The Hall–Kier alpha value is -1.05. The van der Waals surface area contributed by atoms with Crippen LogP contribution in [0.1, 0.15) is 137 Å². The minimum atomic E-state index is -0.696. The first-order valence-electron chi connectivity index (χ1n) is 13.8. The van der Waals surface area contributed by atoms with Gasteiger partial charge in [-0.2, -0.15) is 0 Å². The average molecular weight is 449 g/mol. The zero-order chi connectivity index (χ0) is 24.0.